The SMILES string of the molecule is Cn1nnc2cc(OC(=O)C3CC3)ccc21. The van der Waals surface area contributed by atoms with Crippen molar-refractivity contribution in [3.05, 3.63) is 18.2 Å². The lowest BCUT2D eigenvalue weighted by molar-refractivity contribution is -0.135. The molecule has 0 unspecified atom stereocenters. The summed E-state index contributed by atoms with van der Waals surface area (Å²) in [6, 6.07) is 5.36. The Labute approximate surface area is 92.0 Å². The first-order chi connectivity index (χ1) is 7.74. The number of nitrogens with zero attached hydrogens (tertiary/aromatic N) is 3. The van der Waals surface area contributed by atoms with Gasteiger partial charge in [-0.15, -0.1) is 5.10 Å². The van der Waals surface area contributed by atoms with E-state index in [-0.39, 0.29) is 11.9 Å². The van der Waals surface area contributed by atoms with Gasteiger partial charge in [-0.2, -0.15) is 0 Å². The average molecular weight is 217 g/mol. The number of ether oxygens (including phenoxy) is 1. The molecule has 0 spiro atoms. The fourth-order valence-corrected chi connectivity index (χ4v) is 1.60. The number of benzene rings is 1. The van der Waals surface area contributed by atoms with Gasteiger partial charge in [0.1, 0.15) is 11.3 Å². The van der Waals surface area contributed by atoms with Crippen molar-refractivity contribution in [2.75, 3.05) is 0 Å². The molecular formula is C11H11N3O2. The number of aromatic nitrogens is 3. The zero-order valence-corrected chi connectivity index (χ0v) is 8.88. The predicted octanol–water partition coefficient (Wildman–Crippen LogP) is 1.28. The number of esters is 1. The number of rotatable bonds is 2. The molecule has 1 saturated carbocycles. The first kappa shape index (κ1) is 9.33. The molecule has 3 rings (SSSR count). The van der Waals surface area contributed by atoms with Gasteiger partial charge in [0.15, 0.2) is 0 Å². The summed E-state index contributed by atoms with van der Waals surface area (Å²) < 4.78 is 6.92. The summed E-state index contributed by atoms with van der Waals surface area (Å²) in [5.74, 6) is 0.519. The highest BCUT2D eigenvalue weighted by molar-refractivity contribution is 5.80. The third-order valence-corrected chi connectivity index (χ3v) is 2.71. The van der Waals surface area contributed by atoms with Crippen LogP contribution in [0, 0.1) is 5.92 Å². The van der Waals surface area contributed by atoms with Crippen LogP contribution in [0.25, 0.3) is 11.0 Å². The number of carbonyl (C=O) groups excluding carboxylic acids is 1. The highest BCUT2D eigenvalue weighted by Gasteiger charge is 2.31. The normalized spacial score (nSPS) is 15.3. The molecule has 2 aromatic rings. The van der Waals surface area contributed by atoms with Gasteiger partial charge < -0.3 is 4.74 Å². The van der Waals surface area contributed by atoms with Crippen molar-refractivity contribution >= 4 is 17.0 Å². The molecule has 5 nitrogen and oxygen atoms in total. The molecule has 1 aliphatic carbocycles. The monoisotopic (exact) mass is 217 g/mol. The first-order valence-electron chi connectivity index (χ1n) is 5.25. The second kappa shape index (κ2) is 3.30. The Hall–Kier alpha value is -1.91. The molecule has 0 saturated heterocycles. The summed E-state index contributed by atoms with van der Waals surface area (Å²) in [4.78, 5) is 11.5. The number of fused-ring (bicyclic) bond motifs is 1. The molecule has 0 radical (unpaired) electrons. The second-order valence-electron chi connectivity index (χ2n) is 4.06. The van der Waals surface area contributed by atoms with Crippen molar-refractivity contribution in [2.24, 2.45) is 13.0 Å². The summed E-state index contributed by atoms with van der Waals surface area (Å²) in [6.07, 6.45) is 1.90. The molecule has 5 heteroatoms. The molecule has 0 bridgehead atoms. The van der Waals surface area contributed by atoms with Crippen LogP contribution >= 0.6 is 0 Å². The van der Waals surface area contributed by atoms with Crippen LogP contribution in [0.3, 0.4) is 0 Å². The Balaban J connectivity index is 1.89. The van der Waals surface area contributed by atoms with Crippen LogP contribution < -0.4 is 4.74 Å². The number of hydrogen-bond acceptors (Lipinski definition) is 4. The van der Waals surface area contributed by atoms with E-state index in [1.807, 2.05) is 13.1 Å². The zero-order valence-electron chi connectivity index (χ0n) is 8.88. The van der Waals surface area contributed by atoms with Crippen molar-refractivity contribution in [1.29, 1.82) is 0 Å². The molecule has 16 heavy (non-hydrogen) atoms. The fraction of sp³-hybridized carbons (Fsp3) is 0.364. The summed E-state index contributed by atoms with van der Waals surface area (Å²) in [6.45, 7) is 0. The van der Waals surface area contributed by atoms with Gasteiger partial charge in [-0.05, 0) is 25.0 Å². The van der Waals surface area contributed by atoms with E-state index in [1.165, 1.54) is 0 Å². The van der Waals surface area contributed by atoms with Crippen LogP contribution in [0.5, 0.6) is 5.75 Å². The van der Waals surface area contributed by atoms with Crippen molar-refractivity contribution in [2.45, 2.75) is 12.8 Å². The summed E-state index contributed by atoms with van der Waals surface area (Å²) in [5, 5.41) is 7.86. The van der Waals surface area contributed by atoms with Crippen LogP contribution in [-0.2, 0) is 11.8 Å². The highest BCUT2D eigenvalue weighted by atomic mass is 16.5. The van der Waals surface area contributed by atoms with E-state index in [0.29, 0.717) is 5.75 Å². The Bertz CT molecular complexity index is 557. The molecule has 1 aromatic carbocycles. The maximum Gasteiger partial charge on any atom is 0.314 e. The van der Waals surface area contributed by atoms with Crippen molar-refractivity contribution in [3.8, 4) is 5.75 Å². The molecule has 82 valence electrons. The van der Waals surface area contributed by atoms with Crippen LogP contribution in [0.15, 0.2) is 18.2 Å². The van der Waals surface area contributed by atoms with Gasteiger partial charge in [-0.25, -0.2) is 4.68 Å². The van der Waals surface area contributed by atoms with Gasteiger partial charge in [0.2, 0.25) is 0 Å². The second-order valence-corrected chi connectivity index (χ2v) is 4.06. The summed E-state index contributed by atoms with van der Waals surface area (Å²) in [5.41, 5.74) is 1.66. The van der Waals surface area contributed by atoms with Crippen LogP contribution in [-0.4, -0.2) is 21.0 Å². The standard InChI is InChI=1S/C11H11N3O2/c1-14-10-5-4-8(6-9(10)12-13-14)16-11(15)7-2-3-7/h4-7H,2-3H2,1H3. The third kappa shape index (κ3) is 1.54. The Morgan fingerprint density at radius 2 is 2.31 bits per heavy atom. The Morgan fingerprint density at radius 3 is 3.06 bits per heavy atom. The molecule has 1 fully saturated rings. The van der Waals surface area contributed by atoms with Crippen LogP contribution in [0.2, 0.25) is 0 Å². The van der Waals surface area contributed by atoms with Crippen LogP contribution in [0.4, 0.5) is 0 Å². The lowest BCUT2D eigenvalue weighted by atomic mass is 10.3. The van der Waals surface area contributed by atoms with Gasteiger partial charge in [-0.1, -0.05) is 5.21 Å². The molecule has 0 amide bonds. The van der Waals surface area contributed by atoms with E-state index in [4.69, 9.17) is 4.74 Å². The number of aryl methyl sites for hydroxylation is 1. The molecule has 1 heterocycles. The van der Waals surface area contributed by atoms with Crippen LogP contribution in [0.1, 0.15) is 12.8 Å². The quantitative estimate of drug-likeness (QED) is 0.561. The zero-order chi connectivity index (χ0) is 11.1. The van der Waals surface area contributed by atoms with Gasteiger partial charge in [0, 0.05) is 13.1 Å². The minimum Gasteiger partial charge on any atom is -0.426 e. The van der Waals surface area contributed by atoms with Gasteiger partial charge in [-0.3, -0.25) is 4.79 Å². The van der Waals surface area contributed by atoms with Crippen molar-refractivity contribution in [3.63, 3.8) is 0 Å². The highest BCUT2D eigenvalue weighted by Crippen LogP contribution is 2.31. The lowest BCUT2D eigenvalue weighted by Gasteiger charge is -2.02. The van der Waals surface area contributed by atoms with E-state index >= 15 is 0 Å². The lowest BCUT2D eigenvalue weighted by Crippen LogP contribution is -2.09. The molecule has 0 atom stereocenters. The first-order valence-corrected chi connectivity index (χ1v) is 5.25. The molecule has 1 aromatic heterocycles. The summed E-state index contributed by atoms with van der Waals surface area (Å²) in [7, 11) is 1.82. The molecule has 0 N–H and O–H groups in total. The van der Waals surface area contributed by atoms with Gasteiger partial charge >= 0.3 is 5.97 Å². The number of hydrogen-bond donors (Lipinski definition) is 0. The van der Waals surface area contributed by atoms with Crippen molar-refractivity contribution in [1.82, 2.24) is 15.0 Å². The Kier molecular flexibility index (Phi) is 1.92. The van der Waals surface area contributed by atoms with E-state index in [0.717, 1.165) is 23.9 Å². The molecule has 1 aliphatic rings. The Morgan fingerprint density at radius 1 is 1.50 bits per heavy atom. The summed E-state index contributed by atoms with van der Waals surface area (Å²) >= 11 is 0. The molecular weight excluding hydrogens is 206 g/mol. The van der Waals surface area contributed by atoms with E-state index in [2.05, 4.69) is 10.3 Å². The van der Waals surface area contributed by atoms with E-state index in [1.54, 1.807) is 16.8 Å². The maximum absolute atomic E-state index is 11.5. The predicted molar refractivity (Wildman–Crippen MR) is 56.9 cm³/mol. The topological polar surface area (TPSA) is 57.0 Å². The van der Waals surface area contributed by atoms with E-state index in [9.17, 15) is 4.79 Å². The number of carbonyl (C=O) groups is 1. The van der Waals surface area contributed by atoms with Gasteiger partial charge in [0.05, 0.1) is 11.4 Å². The smallest absolute Gasteiger partial charge is 0.314 e. The third-order valence-electron chi connectivity index (χ3n) is 2.71. The fourth-order valence-electron chi connectivity index (χ4n) is 1.60. The largest absolute Gasteiger partial charge is 0.426 e. The maximum atomic E-state index is 11.5. The minimum atomic E-state index is -0.136. The average Bonchev–Trinajstić information content (AvgIpc) is 3.05. The molecule has 0 aliphatic heterocycles. The van der Waals surface area contributed by atoms with Crippen molar-refractivity contribution < 1.29 is 9.53 Å². The van der Waals surface area contributed by atoms with E-state index < -0.39 is 0 Å². The minimum absolute atomic E-state index is 0.109. The van der Waals surface area contributed by atoms with Gasteiger partial charge in [0.25, 0.3) is 0 Å².